The lowest BCUT2D eigenvalue weighted by molar-refractivity contribution is 0.224. The molecule has 3 aromatic rings. The largest absolute Gasteiger partial charge is 0.477 e. The third-order valence-electron chi connectivity index (χ3n) is 3.10. The van der Waals surface area contributed by atoms with Crippen molar-refractivity contribution in [3.05, 3.63) is 23.1 Å². The first-order valence-electron chi connectivity index (χ1n) is 6.46. The van der Waals surface area contributed by atoms with Gasteiger partial charge in [0.05, 0.1) is 30.3 Å². The van der Waals surface area contributed by atoms with Crippen LogP contribution in [0.1, 0.15) is 6.42 Å². The molecule has 0 amide bonds. The lowest BCUT2D eigenvalue weighted by Crippen LogP contribution is -2.04. The number of fused-ring (bicyclic) bond motifs is 1. The monoisotopic (exact) mass is 351 g/mol. The summed E-state index contributed by atoms with van der Waals surface area (Å²) in [5, 5.41) is 21.0. The summed E-state index contributed by atoms with van der Waals surface area (Å²) >= 11 is 3.42. The SMILES string of the molecule is Cn1ncc(-c2cc3c(Br)[nH]nc3cn2)c1OCCCO. The minimum atomic E-state index is 0.0966. The zero-order valence-corrected chi connectivity index (χ0v) is 13.0. The Hall–Kier alpha value is -1.93. The smallest absolute Gasteiger partial charge is 0.221 e. The molecule has 8 heteroatoms. The number of nitrogens with one attached hydrogen (secondary N) is 1. The first-order valence-corrected chi connectivity index (χ1v) is 7.25. The molecule has 7 nitrogen and oxygen atoms in total. The van der Waals surface area contributed by atoms with Crippen molar-refractivity contribution in [1.29, 1.82) is 0 Å². The molecular formula is C13H14BrN5O2. The molecule has 0 spiro atoms. The standard InChI is InChI=1S/C13H14BrN5O2/c1-19-13(21-4-2-3-20)9(6-16-19)10-5-8-11(7-15-10)17-18-12(8)14/h5-7,20H,2-4H2,1H3,(H,17,18). The second-order valence-corrected chi connectivity index (χ2v) is 5.33. The molecule has 3 aromatic heterocycles. The average Bonchev–Trinajstić information content (AvgIpc) is 3.04. The Kier molecular flexibility index (Phi) is 3.89. The normalized spacial score (nSPS) is 11.2. The molecule has 0 atom stereocenters. The van der Waals surface area contributed by atoms with Crippen molar-refractivity contribution in [2.75, 3.05) is 13.2 Å². The predicted molar refractivity (Wildman–Crippen MR) is 81.0 cm³/mol. The van der Waals surface area contributed by atoms with Crippen LogP contribution in [0.5, 0.6) is 5.88 Å². The maximum Gasteiger partial charge on any atom is 0.221 e. The molecule has 3 heterocycles. The fourth-order valence-electron chi connectivity index (χ4n) is 2.04. The molecule has 0 aliphatic rings. The first-order chi connectivity index (χ1) is 10.2. The zero-order valence-electron chi connectivity index (χ0n) is 11.4. The van der Waals surface area contributed by atoms with Gasteiger partial charge in [-0.05, 0) is 22.0 Å². The molecule has 0 bridgehead atoms. The first kappa shape index (κ1) is 14.0. The van der Waals surface area contributed by atoms with Crippen LogP contribution in [-0.2, 0) is 7.05 Å². The van der Waals surface area contributed by atoms with Crippen LogP contribution in [0.3, 0.4) is 0 Å². The van der Waals surface area contributed by atoms with Gasteiger partial charge in [0.1, 0.15) is 10.1 Å². The van der Waals surface area contributed by atoms with Gasteiger partial charge in [-0.3, -0.25) is 10.1 Å². The number of aliphatic hydroxyl groups excluding tert-OH is 1. The van der Waals surface area contributed by atoms with Gasteiger partial charge in [-0.25, -0.2) is 4.68 Å². The van der Waals surface area contributed by atoms with E-state index in [0.29, 0.717) is 18.9 Å². The summed E-state index contributed by atoms with van der Waals surface area (Å²) in [4.78, 5) is 4.41. The molecule has 0 aromatic carbocycles. The zero-order chi connectivity index (χ0) is 14.8. The second-order valence-electron chi connectivity index (χ2n) is 4.54. The molecule has 0 unspecified atom stereocenters. The van der Waals surface area contributed by atoms with Gasteiger partial charge in [-0.1, -0.05) is 0 Å². The highest BCUT2D eigenvalue weighted by molar-refractivity contribution is 9.10. The Bertz CT molecular complexity index is 767. The lowest BCUT2D eigenvalue weighted by atomic mass is 10.2. The summed E-state index contributed by atoms with van der Waals surface area (Å²) in [5.41, 5.74) is 2.36. The summed E-state index contributed by atoms with van der Waals surface area (Å²) < 4.78 is 8.16. The van der Waals surface area contributed by atoms with E-state index in [1.54, 1.807) is 17.1 Å². The molecule has 21 heavy (non-hydrogen) atoms. The van der Waals surface area contributed by atoms with Gasteiger partial charge in [0.15, 0.2) is 0 Å². The molecule has 0 radical (unpaired) electrons. The van der Waals surface area contributed by atoms with Crippen LogP contribution >= 0.6 is 15.9 Å². The summed E-state index contributed by atoms with van der Waals surface area (Å²) in [7, 11) is 1.81. The summed E-state index contributed by atoms with van der Waals surface area (Å²) in [5.74, 6) is 0.634. The van der Waals surface area contributed by atoms with Crippen molar-refractivity contribution in [2.24, 2.45) is 7.05 Å². The van der Waals surface area contributed by atoms with Crippen molar-refractivity contribution in [3.63, 3.8) is 0 Å². The van der Waals surface area contributed by atoms with Gasteiger partial charge >= 0.3 is 0 Å². The molecule has 0 fully saturated rings. The quantitative estimate of drug-likeness (QED) is 0.685. The Morgan fingerprint density at radius 3 is 3.10 bits per heavy atom. The lowest BCUT2D eigenvalue weighted by Gasteiger charge is -2.08. The summed E-state index contributed by atoms with van der Waals surface area (Å²) in [6.07, 6.45) is 4.00. The Balaban J connectivity index is 1.99. The number of halogens is 1. The number of rotatable bonds is 5. The van der Waals surface area contributed by atoms with Crippen LogP contribution in [0.4, 0.5) is 0 Å². The Morgan fingerprint density at radius 1 is 1.43 bits per heavy atom. The van der Waals surface area contributed by atoms with Crippen LogP contribution in [0, 0.1) is 0 Å². The number of pyridine rings is 1. The van der Waals surface area contributed by atoms with Gasteiger partial charge in [-0.15, -0.1) is 0 Å². The second kappa shape index (κ2) is 5.82. The van der Waals surface area contributed by atoms with E-state index in [2.05, 4.69) is 36.2 Å². The highest BCUT2D eigenvalue weighted by atomic mass is 79.9. The van der Waals surface area contributed by atoms with Crippen LogP contribution < -0.4 is 4.74 Å². The van der Waals surface area contributed by atoms with Crippen molar-refractivity contribution >= 4 is 26.8 Å². The highest BCUT2D eigenvalue weighted by Crippen LogP contribution is 2.31. The van der Waals surface area contributed by atoms with Crippen molar-refractivity contribution in [2.45, 2.75) is 6.42 Å². The number of ether oxygens (including phenoxy) is 1. The number of aliphatic hydroxyl groups is 1. The van der Waals surface area contributed by atoms with E-state index in [1.807, 2.05) is 13.1 Å². The fraction of sp³-hybridized carbons (Fsp3) is 0.308. The minimum absolute atomic E-state index is 0.0966. The number of aromatic nitrogens is 5. The number of H-pyrrole nitrogens is 1. The van der Waals surface area contributed by atoms with Crippen LogP contribution in [-0.4, -0.2) is 43.3 Å². The molecule has 0 aliphatic carbocycles. The maximum absolute atomic E-state index is 8.85. The van der Waals surface area contributed by atoms with E-state index < -0.39 is 0 Å². The van der Waals surface area contributed by atoms with Crippen LogP contribution in [0.2, 0.25) is 0 Å². The van der Waals surface area contributed by atoms with E-state index in [0.717, 1.165) is 26.8 Å². The number of aryl methyl sites for hydroxylation is 1. The van der Waals surface area contributed by atoms with Gasteiger partial charge in [-0.2, -0.15) is 10.2 Å². The number of aromatic amines is 1. The van der Waals surface area contributed by atoms with Gasteiger partial charge in [0.2, 0.25) is 5.88 Å². The van der Waals surface area contributed by atoms with Crippen molar-refractivity contribution in [1.82, 2.24) is 25.0 Å². The number of hydrogen-bond donors (Lipinski definition) is 2. The molecule has 3 rings (SSSR count). The third-order valence-corrected chi connectivity index (χ3v) is 3.70. The van der Waals surface area contributed by atoms with Gasteiger partial charge in [0.25, 0.3) is 0 Å². The maximum atomic E-state index is 8.85. The fourth-order valence-corrected chi connectivity index (χ4v) is 2.44. The third kappa shape index (κ3) is 2.64. The number of nitrogens with zero attached hydrogens (tertiary/aromatic N) is 4. The van der Waals surface area contributed by atoms with Crippen molar-refractivity contribution < 1.29 is 9.84 Å². The Morgan fingerprint density at radius 2 is 2.29 bits per heavy atom. The molecule has 2 N–H and O–H groups in total. The molecule has 0 saturated heterocycles. The van der Waals surface area contributed by atoms with E-state index in [-0.39, 0.29) is 6.61 Å². The molecule has 0 saturated carbocycles. The summed E-state index contributed by atoms with van der Waals surface area (Å²) in [6.45, 7) is 0.528. The molecule has 0 aliphatic heterocycles. The van der Waals surface area contributed by atoms with E-state index in [1.165, 1.54) is 0 Å². The van der Waals surface area contributed by atoms with E-state index in [4.69, 9.17) is 9.84 Å². The predicted octanol–water partition coefficient (Wildman–Crippen LogP) is 1.88. The van der Waals surface area contributed by atoms with Gasteiger partial charge in [0, 0.05) is 25.5 Å². The number of hydrogen-bond acceptors (Lipinski definition) is 5. The highest BCUT2D eigenvalue weighted by Gasteiger charge is 2.15. The summed E-state index contributed by atoms with van der Waals surface area (Å²) in [6, 6.07) is 1.93. The molecule has 110 valence electrons. The van der Waals surface area contributed by atoms with Crippen LogP contribution in [0.25, 0.3) is 22.2 Å². The van der Waals surface area contributed by atoms with E-state index >= 15 is 0 Å². The van der Waals surface area contributed by atoms with Crippen LogP contribution in [0.15, 0.2) is 23.1 Å². The van der Waals surface area contributed by atoms with Gasteiger partial charge < -0.3 is 9.84 Å². The molecular weight excluding hydrogens is 338 g/mol. The van der Waals surface area contributed by atoms with E-state index in [9.17, 15) is 0 Å². The van der Waals surface area contributed by atoms with Crippen molar-refractivity contribution in [3.8, 4) is 17.1 Å². The Labute approximate surface area is 129 Å². The topological polar surface area (TPSA) is 88.9 Å². The minimum Gasteiger partial charge on any atom is -0.477 e. The average molecular weight is 352 g/mol.